The average molecular weight is 362 g/mol. The fourth-order valence-corrected chi connectivity index (χ4v) is 2.84. The van der Waals surface area contributed by atoms with Crippen molar-refractivity contribution in [3.05, 3.63) is 90.3 Å². The van der Waals surface area contributed by atoms with Gasteiger partial charge in [0.05, 0.1) is 6.61 Å². The average Bonchev–Trinajstić information content (AvgIpc) is 3.23. The third-order valence-electron chi connectivity index (χ3n) is 4.17. The van der Waals surface area contributed by atoms with Gasteiger partial charge in [-0.2, -0.15) is 0 Å². The highest BCUT2D eigenvalue weighted by atomic mass is 16.5. The lowest BCUT2D eigenvalue weighted by molar-refractivity contribution is -0.145. The maximum Gasteiger partial charge on any atom is 0.328 e. The number of carbonyl (C=O) groups excluding carboxylic acids is 2. The van der Waals surface area contributed by atoms with E-state index in [1.54, 1.807) is 19.1 Å². The Morgan fingerprint density at radius 1 is 1.00 bits per heavy atom. The van der Waals surface area contributed by atoms with Crippen LogP contribution in [0, 0.1) is 0 Å². The molecule has 0 aliphatic rings. The molecule has 0 bridgehead atoms. The summed E-state index contributed by atoms with van der Waals surface area (Å²) >= 11 is 0. The van der Waals surface area contributed by atoms with E-state index in [-0.39, 0.29) is 12.5 Å². The Kier molecular flexibility index (Phi) is 6.05. The van der Waals surface area contributed by atoms with Gasteiger partial charge < -0.3 is 14.6 Å². The quantitative estimate of drug-likeness (QED) is 0.656. The number of esters is 1. The van der Waals surface area contributed by atoms with Crippen LogP contribution >= 0.6 is 0 Å². The van der Waals surface area contributed by atoms with Crippen LogP contribution in [-0.2, 0) is 16.0 Å². The maximum absolute atomic E-state index is 12.7. The summed E-state index contributed by atoms with van der Waals surface area (Å²) in [6, 6.07) is 19.9. The van der Waals surface area contributed by atoms with Crippen molar-refractivity contribution in [3.8, 4) is 5.69 Å². The molecule has 5 heteroatoms. The monoisotopic (exact) mass is 362 g/mol. The van der Waals surface area contributed by atoms with E-state index in [4.69, 9.17) is 4.74 Å². The van der Waals surface area contributed by atoms with Crippen LogP contribution in [0.4, 0.5) is 0 Å². The lowest BCUT2D eigenvalue weighted by atomic mass is 10.1. The van der Waals surface area contributed by atoms with Crippen molar-refractivity contribution >= 4 is 11.9 Å². The van der Waals surface area contributed by atoms with Crippen molar-refractivity contribution in [2.24, 2.45) is 0 Å². The zero-order valence-corrected chi connectivity index (χ0v) is 15.2. The topological polar surface area (TPSA) is 60.3 Å². The first-order valence-corrected chi connectivity index (χ1v) is 8.92. The Hall–Kier alpha value is -3.34. The van der Waals surface area contributed by atoms with Gasteiger partial charge in [0, 0.05) is 30.1 Å². The van der Waals surface area contributed by atoms with Crippen LogP contribution in [-0.4, -0.2) is 29.1 Å². The minimum absolute atomic E-state index is 0.267. The number of ether oxygens (including phenoxy) is 1. The van der Waals surface area contributed by atoms with Gasteiger partial charge in [0.15, 0.2) is 0 Å². The Balaban J connectivity index is 1.77. The van der Waals surface area contributed by atoms with Gasteiger partial charge in [-0.1, -0.05) is 36.4 Å². The van der Waals surface area contributed by atoms with Crippen molar-refractivity contribution in [3.63, 3.8) is 0 Å². The molecule has 2 aromatic carbocycles. The number of rotatable bonds is 7. The summed E-state index contributed by atoms with van der Waals surface area (Å²) in [5.74, 6) is -0.741. The number of benzene rings is 2. The molecular formula is C22H22N2O3. The first kappa shape index (κ1) is 18.5. The number of hydrogen-bond acceptors (Lipinski definition) is 3. The highest BCUT2D eigenvalue weighted by Gasteiger charge is 2.23. The number of nitrogens with zero attached hydrogens (tertiary/aromatic N) is 1. The van der Waals surface area contributed by atoms with Gasteiger partial charge in [-0.25, -0.2) is 4.79 Å². The van der Waals surface area contributed by atoms with Gasteiger partial charge in [-0.15, -0.1) is 0 Å². The molecule has 0 saturated carbocycles. The van der Waals surface area contributed by atoms with Gasteiger partial charge in [-0.3, -0.25) is 4.79 Å². The Morgan fingerprint density at radius 3 is 2.44 bits per heavy atom. The minimum atomic E-state index is -0.741. The van der Waals surface area contributed by atoms with Crippen molar-refractivity contribution in [1.82, 2.24) is 9.88 Å². The maximum atomic E-state index is 12.7. The van der Waals surface area contributed by atoms with E-state index < -0.39 is 12.0 Å². The van der Waals surface area contributed by atoms with Gasteiger partial charge in [0.25, 0.3) is 5.91 Å². The van der Waals surface area contributed by atoms with E-state index in [0.29, 0.717) is 12.0 Å². The summed E-state index contributed by atoms with van der Waals surface area (Å²) < 4.78 is 7.06. The van der Waals surface area contributed by atoms with Crippen LogP contribution in [0.25, 0.3) is 5.69 Å². The van der Waals surface area contributed by atoms with E-state index in [0.717, 1.165) is 11.3 Å². The predicted octanol–water partition coefficient (Wildman–Crippen LogP) is 3.38. The van der Waals surface area contributed by atoms with E-state index in [9.17, 15) is 9.59 Å². The summed E-state index contributed by atoms with van der Waals surface area (Å²) in [4.78, 5) is 25.1. The molecule has 0 radical (unpaired) electrons. The molecule has 1 heterocycles. The van der Waals surface area contributed by atoms with Crippen molar-refractivity contribution in [1.29, 1.82) is 0 Å². The van der Waals surface area contributed by atoms with Crippen LogP contribution < -0.4 is 5.32 Å². The predicted molar refractivity (Wildman–Crippen MR) is 104 cm³/mol. The molecule has 1 N–H and O–H groups in total. The largest absolute Gasteiger partial charge is 0.464 e. The van der Waals surface area contributed by atoms with Gasteiger partial charge >= 0.3 is 5.97 Å². The number of hydrogen-bond donors (Lipinski definition) is 1. The van der Waals surface area contributed by atoms with Crippen LogP contribution in [0.1, 0.15) is 22.8 Å². The van der Waals surface area contributed by atoms with Crippen molar-refractivity contribution < 1.29 is 14.3 Å². The van der Waals surface area contributed by atoms with Crippen molar-refractivity contribution in [2.75, 3.05) is 6.61 Å². The Morgan fingerprint density at radius 2 is 1.74 bits per heavy atom. The van der Waals surface area contributed by atoms with E-state index >= 15 is 0 Å². The third kappa shape index (κ3) is 4.85. The molecule has 0 spiro atoms. The van der Waals surface area contributed by atoms with Crippen LogP contribution in [0.2, 0.25) is 0 Å². The summed E-state index contributed by atoms with van der Waals surface area (Å²) in [7, 11) is 0. The second kappa shape index (κ2) is 8.85. The van der Waals surface area contributed by atoms with E-state index in [1.807, 2.05) is 71.6 Å². The summed E-state index contributed by atoms with van der Waals surface area (Å²) in [6.45, 7) is 2.02. The Labute approximate surface area is 158 Å². The molecule has 138 valence electrons. The zero-order valence-electron chi connectivity index (χ0n) is 15.2. The van der Waals surface area contributed by atoms with E-state index in [2.05, 4.69) is 5.32 Å². The fraction of sp³-hybridized carbons (Fsp3) is 0.182. The molecule has 0 saturated heterocycles. The first-order valence-electron chi connectivity index (χ1n) is 8.92. The molecule has 0 fully saturated rings. The highest BCUT2D eigenvalue weighted by molar-refractivity contribution is 5.97. The molecule has 1 unspecified atom stereocenters. The standard InChI is InChI=1S/C22H22N2O3/c1-2-27-22(26)20(15-17-9-4-3-5-10-17)23-21(25)18-11-8-12-19(16-18)24-13-6-7-14-24/h3-14,16,20H,2,15H2,1H3,(H,23,25). The summed E-state index contributed by atoms with van der Waals surface area (Å²) in [5, 5.41) is 2.82. The molecule has 5 nitrogen and oxygen atoms in total. The fourth-order valence-electron chi connectivity index (χ4n) is 2.84. The van der Waals surface area contributed by atoms with Crippen LogP contribution in [0.3, 0.4) is 0 Å². The number of amides is 1. The summed E-state index contributed by atoms with van der Waals surface area (Å²) in [5.41, 5.74) is 2.32. The zero-order chi connectivity index (χ0) is 19.1. The molecule has 3 rings (SSSR count). The molecule has 3 aromatic rings. The second-order valence-corrected chi connectivity index (χ2v) is 6.11. The normalized spacial score (nSPS) is 11.6. The first-order chi connectivity index (χ1) is 13.2. The molecule has 0 aliphatic carbocycles. The van der Waals surface area contributed by atoms with Crippen molar-refractivity contribution in [2.45, 2.75) is 19.4 Å². The Bertz CT molecular complexity index is 889. The van der Waals surface area contributed by atoms with E-state index in [1.165, 1.54) is 0 Å². The summed E-state index contributed by atoms with van der Waals surface area (Å²) in [6.07, 6.45) is 4.20. The van der Waals surface area contributed by atoms with Gasteiger partial charge in [0.2, 0.25) is 0 Å². The second-order valence-electron chi connectivity index (χ2n) is 6.11. The molecular weight excluding hydrogens is 340 g/mol. The lowest BCUT2D eigenvalue weighted by Crippen LogP contribution is -2.43. The highest BCUT2D eigenvalue weighted by Crippen LogP contribution is 2.12. The SMILES string of the molecule is CCOC(=O)C(Cc1ccccc1)NC(=O)c1cccc(-n2cccc2)c1. The van der Waals surface area contributed by atoms with Gasteiger partial charge in [-0.05, 0) is 42.8 Å². The van der Waals surface area contributed by atoms with Gasteiger partial charge in [0.1, 0.15) is 6.04 Å². The minimum Gasteiger partial charge on any atom is -0.464 e. The smallest absolute Gasteiger partial charge is 0.328 e. The number of carbonyl (C=O) groups is 2. The molecule has 1 aromatic heterocycles. The van der Waals surface area contributed by atoms with Crippen LogP contribution in [0.15, 0.2) is 79.1 Å². The molecule has 1 atom stereocenters. The number of nitrogens with one attached hydrogen (secondary N) is 1. The van der Waals surface area contributed by atoms with Crippen LogP contribution in [0.5, 0.6) is 0 Å². The molecule has 27 heavy (non-hydrogen) atoms. The molecule has 1 amide bonds. The number of aromatic nitrogens is 1. The molecule has 0 aliphatic heterocycles. The lowest BCUT2D eigenvalue weighted by Gasteiger charge is -2.18. The third-order valence-corrected chi connectivity index (χ3v) is 4.17.